The molecular formula is C30H43N5O. The standard InChI is InChI=1S/C30H43N5O/c1-7-9-22-19-28(35(8-2)24-12-10-23(11-13-24)34(5)6)26-16-17-31-27(29(26)33-22)15-14-25-20(3)18-21(4)32-30(25)36/h16-19,23-24H,7-15H2,1-6H3,(H,32,36). The highest BCUT2D eigenvalue weighted by Gasteiger charge is 2.28. The van der Waals surface area contributed by atoms with E-state index < -0.39 is 0 Å². The van der Waals surface area contributed by atoms with Gasteiger partial charge in [0, 0.05) is 52.9 Å². The minimum absolute atomic E-state index is 0.0125. The van der Waals surface area contributed by atoms with Crippen molar-refractivity contribution in [1.82, 2.24) is 19.9 Å². The normalized spacial score (nSPS) is 18.2. The van der Waals surface area contributed by atoms with Crippen LogP contribution >= 0.6 is 0 Å². The van der Waals surface area contributed by atoms with Gasteiger partial charge >= 0.3 is 0 Å². The third-order valence-electron chi connectivity index (χ3n) is 7.93. The number of hydrogen-bond donors (Lipinski definition) is 1. The Hall–Kier alpha value is -2.73. The van der Waals surface area contributed by atoms with Gasteiger partial charge in [-0.1, -0.05) is 13.3 Å². The number of H-pyrrole nitrogens is 1. The average molecular weight is 490 g/mol. The molecule has 6 heteroatoms. The summed E-state index contributed by atoms with van der Waals surface area (Å²) in [6.45, 7) is 9.42. The number of aromatic amines is 1. The second-order valence-electron chi connectivity index (χ2n) is 10.7. The van der Waals surface area contributed by atoms with Gasteiger partial charge in [0.15, 0.2) is 0 Å². The molecule has 194 valence electrons. The first-order valence-electron chi connectivity index (χ1n) is 13.7. The quantitative estimate of drug-likeness (QED) is 0.438. The van der Waals surface area contributed by atoms with Gasteiger partial charge in [-0.05, 0) is 104 Å². The number of pyridine rings is 3. The monoisotopic (exact) mass is 489 g/mol. The Kier molecular flexibility index (Phi) is 8.45. The van der Waals surface area contributed by atoms with Crippen LogP contribution in [0.2, 0.25) is 0 Å². The van der Waals surface area contributed by atoms with E-state index in [2.05, 4.69) is 54.9 Å². The number of anilines is 1. The molecule has 6 nitrogen and oxygen atoms in total. The van der Waals surface area contributed by atoms with Crippen molar-refractivity contribution in [1.29, 1.82) is 0 Å². The van der Waals surface area contributed by atoms with Crippen LogP contribution in [-0.4, -0.2) is 52.6 Å². The number of fused-ring (bicyclic) bond motifs is 1. The van der Waals surface area contributed by atoms with E-state index in [9.17, 15) is 4.79 Å². The zero-order valence-electron chi connectivity index (χ0n) is 23.0. The van der Waals surface area contributed by atoms with E-state index in [1.165, 1.54) is 36.8 Å². The Morgan fingerprint density at radius 3 is 2.36 bits per heavy atom. The third kappa shape index (κ3) is 5.64. The fourth-order valence-corrected chi connectivity index (χ4v) is 5.99. The van der Waals surface area contributed by atoms with Crippen molar-refractivity contribution in [3.8, 4) is 0 Å². The fourth-order valence-electron chi connectivity index (χ4n) is 5.99. The minimum atomic E-state index is 0.0125. The maximum Gasteiger partial charge on any atom is 0.251 e. The number of rotatable bonds is 9. The van der Waals surface area contributed by atoms with E-state index in [-0.39, 0.29) is 5.56 Å². The van der Waals surface area contributed by atoms with Gasteiger partial charge in [-0.2, -0.15) is 0 Å². The summed E-state index contributed by atoms with van der Waals surface area (Å²) in [6, 6.07) is 7.75. The molecule has 0 spiro atoms. The summed E-state index contributed by atoms with van der Waals surface area (Å²) >= 11 is 0. The lowest BCUT2D eigenvalue weighted by atomic mass is 9.89. The lowest BCUT2D eigenvalue weighted by Gasteiger charge is -2.40. The van der Waals surface area contributed by atoms with Crippen molar-refractivity contribution in [2.75, 3.05) is 25.5 Å². The van der Waals surface area contributed by atoms with Gasteiger partial charge in [-0.3, -0.25) is 14.8 Å². The number of nitrogens with one attached hydrogen (secondary N) is 1. The summed E-state index contributed by atoms with van der Waals surface area (Å²) in [6.07, 6.45) is 10.2. The maximum absolute atomic E-state index is 12.6. The molecule has 1 fully saturated rings. The van der Waals surface area contributed by atoms with Gasteiger partial charge in [0.2, 0.25) is 0 Å². The Balaban J connectivity index is 1.70. The molecule has 0 amide bonds. The highest BCUT2D eigenvalue weighted by atomic mass is 16.1. The summed E-state index contributed by atoms with van der Waals surface area (Å²) in [4.78, 5) is 30.4. The van der Waals surface area contributed by atoms with Crippen LogP contribution in [0.15, 0.2) is 29.2 Å². The van der Waals surface area contributed by atoms with Crippen LogP contribution in [0.4, 0.5) is 5.69 Å². The SMILES string of the molecule is CCCc1cc(N(CC)C2CCC(N(C)C)CC2)c2ccnc(CCc3c(C)cc(C)[nH]c3=O)c2n1. The van der Waals surface area contributed by atoms with Crippen LogP contribution < -0.4 is 10.5 Å². The molecule has 0 aromatic carbocycles. The van der Waals surface area contributed by atoms with Crippen molar-refractivity contribution < 1.29 is 0 Å². The van der Waals surface area contributed by atoms with Gasteiger partial charge in [0.1, 0.15) is 0 Å². The summed E-state index contributed by atoms with van der Waals surface area (Å²) in [5.41, 5.74) is 7.22. The summed E-state index contributed by atoms with van der Waals surface area (Å²) in [7, 11) is 4.41. The summed E-state index contributed by atoms with van der Waals surface area (Å²) in [5.74, 6) is 0. The predicted molar refractivity (Wildman–Crippen MR) is 150 cm³/mol. The van der Waals surface area contributed by atoms with E-state index in [4.69, 9.17) is 9.97 Å². The highest BCUT2D eigenvalue weighted by Crippen LogP contribution is 2.34. The Morgan fingerprint density at radius 2 is 1.72 bits per heavy atom. The first-order chi connectivity index (χ1) is 17.3. The van der Waals surface area contributed by atoms with Crippen molar-refractivity contribution in [2.45, 2.75) is 91.1 Å². The molecule has 4 rings (SSSR count). The number of aryl methyl sites for hydroxylation is 4. The molecule has 0 radical (unpaired) electrons. The average Bonchev–Trinajstić information content (AvgIpc) is 2.84. The van der Waals surface area contributed by atoms with Crippen LogP contribution in [0.1, 0.15) is 74.2 Å². The van der Waals surface area contributed by atoms with Gasteiger partial charge < -0.3 is 14.8 Å². The maximum atomic E-state index is 12.6. The Bertz CT molecular complexity index is 1240. The van der Waals surface area contributed by atoms with Gasteiger partial charge in [-0.15, -0.1) is 0 Å². The molecule has 0 aliphatic heterocycles. The van der Waals surface area contributed by atoms with Gasteiger partial charge in [-0.25, -0.2) is 0 Å². The second-order valence-corrected chi connectivity index (χ2v) is 10.7. The highest BCUT2D eigenvalue weighted by molar-refractivity contribution is 5.93. The molecule has 1 saturated carbocycles. The molecule has 0 saturated heterocycles. The van der Waals surface area contributed by atoms with Crippen molar-refractivity contribution >= 4 is 16.6 Å². The number of aromatic nitrogens is 3. The first-order valence-corrected chi connectivity index (χ1v) is 13.7. The molecule has 1 aliphatic rings. The van der Waals surface area contributed by atoms with E-state index in [0.29, 0.717) is 24.9 Å². The number of hydrogen-bond acceptors (Lipinski definition) is 5. The second kappa shape index (κ2) is 11.5. The van der Waals surface area contributed by atoms with Crippen LogP contribution in [0.5, 0.6) is 0 Å². The Labute approximate surface area is 216 Å². The van der Waals surface area contributed by atoms with Crippen LogP contribution in [0.25, 0.3) is 10.9 Å². The largest absolute Gasteiger partial charge is 0.368 e. The smallest absolute Gasteiger partial charge is 0.251 e. The Morgan fingerprint density at radius 1 is 1.00 bits per heavy atom. The molecule has 36 heavy (non-hydrogen) atoms. The molecule has 3 aromatic heterocycles. The van der Waals surface area contributed by atoms with Crippen molar-refractivity contribution in [3.63, 3.8) is 0 Å². The minimum Gasteiger partial charge on any atom is -0.368 e. The molecule has 3 aromatic rings. The molecule has 0 atom stereocenters. The van der Waals surface area contributed by atoms with Crippen LogP contribution in [0.3, 0.4) is 0 Å². The lowest BCUT2D eigenvalue weighted by Crippen LogP contribution is -2.42. The lowest BCUT2D eigenvalue weighted by molar-refractivity contribution is 0.214. The van der Waals surface area contributed by atoms with Gasteiger partial charge in [0.05, 0.1) is 11.2 Å². The molecular weight excluding hydrogens is 446 g/mol. The van der Waals surface area contributed by atoms with E-state index in [1.807, 2.05) is 26.1 Å². The first kappa shape index (κ1) is 26.3. The molecule has 0 bridgehead atoms. The zero-order chi connectivity index (χ0) is 25.8. The predicted octanol–water partition coefficient (Wildman–Crippen LogP) is 5.37. The van der Waals surface area contributed by atoms with E-state index in [0.717, 1.165) is 53.1 Å². The van der Waals surface area contributed by atoms with E-state index >= 15 is 0 Å². The molecule has 3 heterocycles. The van der Waals surface area contributed by atoms with Crippen molar-refractivity contribution in [3.05, 3.63) is 63.0 Å². The summed E-state index contributed by atoms with van der Waals surface area (Å²) < 4.78 is 0. The summed E-state index contributed by atoms with van der Waals surface area (Å²) in [5, 5.41) is 1.19. The van der Waals surface area contributed by atoms with Crippen molar-refractivity contribution in [2.24, 2.45) is 0 Å². The zero-order valence-corrected chi connectivity index (χ0v) is 23.0. The van der Waals surface area contributed by atoms with Gasteiger partial charge in [0.25, 0.3) is 5.56 Å². The van der Waals surface area contributed by atoms with Crippen LogP contribution in [0, 0.1) is 13.8 Å². The fraction of sp³-hybridized carbons (Fsp3) is 0.567. The number of nitrogens with zero attached hydrogens (tertiary/aromatic N) is 4. The molecule has 1 aliphatic carbocycles. The topological polar surface area (TPSA) is 65.1 Å². The molecule has 0 unspecified atom stereocenters. The van der Waals surface area contributed by atoms with E-state index in [1.54, 1.807) is 0 Å². The third-order valence-corrected chi connectivity index (χ3v) is 7.93. The van der Waals surface area contributed by atoms with Crippen LogP contribution in [-0.2, 0) is 19.3 Å². The molecule has 1 N–H and O–H groups in total.